The van der Waals surface area contributed by atoms with Crippen LogP contribution in [0.5, 0.6) is 0 Å². The summed E-state index contributed by atoms with van der Waals surface area (Å²) in [6, 6.07) is 9.61. The molecule has 0 bridgehead atoms. The molecule has 0 radical (unpaired) electrons. The summed E-state index contributed by atoms with van der Waals surface area (Å²) in [4.78, 5) is 23.7. The normalized spacial score (nSPS) is 16.2. The van der Waals surface area contributed by atoms with E-state index >= 15 is 0 Å². The topological polar surface area (TPSA) is 84.2 Å². The fraction of sp³-hybridized carbons (Fsp3) is 0.353. The van der Waals surface area contributed by atoms with Gasteiger partial charge in [-0.1, -0.05) is 31.0 Å². The first kappa shape index (κ1) is 15.3. The Morgan fingerprint density at radius 2 is 1.91 bits per heavy atom. The van der Waals surface area contributed by atoms with Gasteiger partial charge in [-0.15, -0.1) is 0 Å². The lowest BCUT2D eigenvalue weighted by Gasteiger charge is -2.25. The predicted octanol–water partition coefficient (Wildman–Crippen LogP) is 1.93. The molecule has 0 saturated heterocycles. The lowest BCUT2D eigenvalue weighted by Crippen LogP contribution is -2.52. The molecule has 1 amide bonds. The minimum absolute atomic E-state index is 0.127. The smallest absolute Gasteiger partial charge is 0.329 e. The summed E-state index contributed by atoms with van der Waals surface area (Å²) < 4.78 is 1.70. The molecule has 6 nitrogen and oxygen atoms in total. The molecule has 1 aromatic heterocycles. The zero-order chi connectivity index (χ0) is 16.3. The maximum atomic E-state index is 12.2. The van der Waals surface area contributed by atoms with Gasteiger partial charge < -0.3 is 10.4 Å². The molecule has 1 saturated carbocycles. The summed E-state index contributed by atoms with van der Waals surface area (Å²) in [6.45, 7) is 0. The van der Waals surface area contributed by atoms with Crippen molar-refractivity contribution < 1.29 is 14.7 Å². The number of aromatic nitrogens is 2. The van der Waals surface area contributed by atoms with Crippen LogP contribution in [-0.2, 0) is 16.0 Å². The Morgan fingerprint density at radius 1 is 1.22 bits per heavy atom. The molecule has 120 valence electrons. The number of carbonyl (C=O) groups is 2. The van der Waals surface area contributed by atoms with Crippen LogP contribution < -0.4 is 5.32 Å². The van der Waals surface area contributed by atoms with Crippen LogP contribution in [0.1, 0.15) is 31.2 Å². The maximum Gasteiger partial charge on any atom is 0.329 e. The molecule has 2 aromatic rings. The monoisotopic (exact) mass is 313 g/mol. The highest BCUT2D eigenvalue weighted by Gasteiger charge is 2.42. The van der Waals surface area contributed by atoms with Crippen LogP contribution in [0.15, 0.2) is 42.7 Å². The number of benzene rings is 1. The number of nitrogens with one attached hydrogen (secondary N) is 1. The SMILES string of the molecule is O=C(Cc1cnn(-c2ccccc2)c1)NC1(C(=O)O)CCCC1. The highest BCUT2D eigenvalue weighted by Crippen LogP contribution is 2.30. The van der Waals surface area contributed by atoms with Gasteiger partial charge in [-0.2, -0.15) is 5.10 Å². The van der Waals surface area contributed by atoms with Gasteiger partial charge in [-0.25, -0.2) is 9.48 Å². The van der Waals surface area contributed by atoms with Crippen molar-refractivity contribution in [3.63, 3.8) is 0 Å². The molecule has 2 N–H and O–H groups in total. The number of amides is 1. The van der Waals surface area contributed by atoms with Crippen molar-refractivity contribution in [3.8, 4) is 5.69 Å². The zero-order valence-corrected chi connectivity index (χ0v) is 12.7. The Kier molecular flexibility index (Phi) is 4.14. The van der Waals surface area contributed by atoms with E-state index in [1.54, 1.807) is 17.1 Å². The van der Waals surface area contributed by atoms with Gasteiger partial charge in [0.1, 0.15) is 5.54 Å². The van der Waals surface area contributed by atoms with Crippen LogP contribution in [0.4, 0.5) is 0 Å². The molecule has 0 spiro atoms. The third-order valence-corrected chi connectivity index (χ3v) is 4.27. The summed E-state index contributed by atoms with van der Waals surface area (Å²) in [7, 11) is 0. The number of carboxylic acid groups (broad SMARTS) is 1. The van der Waals surface area contributed by atoms with Crippen molar-refractivity contribution in [1.29, 1.82) is 0 Å². The van der Waals surface area contributed by atoms with Crippen molar-refractivity contribution in [2.75, 3.05) is 0 Å². The minimum atomic E-state index is -1.09. The van der Waals surface area contributed by atoms with Gasteiger partial charge in [0.2, 0.25) is 5.91 Å². The maximum absolute atomic E-state index is 12.2. The number of aliphatic carboxylic acids is 1. The lowest BCUT2D eigenvalue weighted by atomic mass is 9.97. The molecule has 0 aliphatic heterocycles. The van der Waals surface area contributed by atoms with Crippen molar-refractivity contribution in [3.05, 3.63) is 48.3 Å². The average Bonchev–Trinajstić information content (AvgIpc) is 3.18. The number of para-hydroxylation sites is 1. The van der Waals surface area contributed by atoms with E-state index in [1.807, 2.05) is 30.3 Å². The van der Waals surface area contributed by atoms with E-state index in [9.17, 15) is 14.7 Å². The van der Waals surface area contributed by atoms with Gasteiger partial charge in [-0.05, 0) is 30.5 Å². The number of hydrogen-bond donors (Lipinski definition) is 2. The summed E-state index contributed by atoms with van der Waals surface area (Å²) in [6.07, 6.45) is 6.21. The van der Waals surface area contributed by atoms with Crippen LogP contribution >= 0.6 is 0 Å². The quantitative estimate of drug-likeness (QED) is 0.883. The van der Waals surface area contributed by atoms with E-state index in [0.717, 1.165) is 24.1 Å². The van der Waals surface area contributed by atoms with E-state index in [1.165, 1.54) is 0 Å². The van der Waals surface area contributed by atoms with E-state index in [2.05, 4.69) is 10.4 Å². The van der Waals surface area contributed by atoms with Crippen LogP contribution in [-0.4, -0.2) is 32.3 Å². The van der Waals surface area contributed by atoms with E-state index in [4.69, 9.17) is 0 Å². The van der Waals surface area contributed by atoms with Gasteiger partial charge in [0.25, 0.3) is 0 Å². The number of carboxylic acids is 1. The Bertz CT molecular complexity index is 703. The highest BCUT2D eigenvalue weighted by atomic mass is 16.4. The Labute approximate surface area is 134 Å². The van der Waals surface area contributed by atoms with Crippen LogP contribution in [0.2, 0.25) is 0 Å². The fourth-order valence-electron chi connectivity index (χ4n) is 3.04. The molecular formula is C17H19N3O3. The van der Waals surface area contributed by atoms with Crippen molar-refractivity contribution in [2.24, 2.45) is 0 Å². The third kappa shape index (κ3) is 3.26. The first-order valence-corrected chi connectivity index (χ1v) is 7.72. The average molecular weight is 313 g/mol. The number of carbonyl (C=O) groups excluding carboxylic acids is 1. The largest absolute Gasteiger partial charge is 0.480 e. The van der Waals surface area contributed by atoms with Gasteiger partial charge in [-0.3, -0.25) is 4.79 Å². The summed E-state index contributed by atoms with van der Waals surface area (Å²) >= 11 is 0. The summed E-state index contributed by atoms with van der Waals surface area (Å²) in [5.41, 5.74) is 0.578. The third-order valence-electron chi connectivity index (χ3n) is 4.27. The second kappa shape index (κ2) is 6.24. The standard InChI is InChI=1S/C17H19N3O3/c21-15(19-17(16(22)23)8-4-5-9-17)10-13-11-18-20(12-13)14-6-2-1-3-7-14/h1-3,6-7,11-12H,4-5,8-10H2,(H,19,21)(H,22,23). The van der Waals surface area contributed by atoms with Crippen molar-refractivity contribution in [1.82, 2.24) is 15.1 Å². The summed E-state index contributed by atoms with van der Waals surface area (Å²) in [5.74, 6) is -1.22. The van der Waals surface area contributed by atoms with Gasteiger partial charge in [0.15, 0.2) is 0 Å². The molecule has 6 heteroatoms. The summed E-state index contributed by atoms with van der Waals surface area (Å²) in [5, 5.41) is 16.4. The van der Waals surface area contributed by atoms with Crippen molar-refractivity contribution in [2.45, 2.75) is 37.6 Å². The molecule has 1 aliphatic rings. The molecule has 3 rings (SSSR count). The van der Waals surface area contributed by atoms with Gasteiger partial charge >= 0.3 is 5.97 Å². The zero-order valence-electron chi connectivity index (χ0n) is 12.7. The van der Waals surface area contributed by atoms with Gasteiger partial charge in [0, 0.05) is 6.20 Å². The predicted molar refractivity (Wildman–Crippen MR) is 84.2 cm³/mol. The molecule has 1 aliphatic carbocycles. The Balaban J connectivity index is 1.67. The molecule has 0 atom stereocenters. The van der Waals surface area contributed by atoms with E-state index < -0.39 is 11.5 Å². The van der Waals surface area contributed by atoms with Crippen LogP contribution in [0, 0.1) is 0 Å². The number of nitrogens with zero attached hydrogens (tertiary/aromatic N) is 2. The first-order chi connectivity index (χ1) is 11.1. The second-order valence-electron chi connectivity index (χ2n) is 5.95. The highest BCUT2D eigenvalue weighted by molar-refractivity contribution is 5.88. The number of hydrogen-bond acceptors (Lipinski definition) is 3. The van der Waals surface area contributed by atoms with Crippen molar-refractivity contribution >= 4 is 11.9 Å². The molecule has 0 unspecified atom stereocenters. The lowest BCUT2D eigenvalue weighted by molar-refractivity contribution is -0.147. The van der Waals surface area contributed by atoms with Gasteiger partial charge in [0.05, 0.1) is 18.3 Å². The molecule has 1 aromatic carbocycles. The Morgan fingerprint density at radius 3 is 2.57 bits per heavy atom. The minimum Gasteiger partial charge on any atom is -0.480 e. The van der Waals surface area contributed by atoms with Crippen LogP contribution in [0.3, 0.4) is 0 Å². The molecule has 23 heavy (non-hydrogen) atoms. The fourth-order valence-corrected chi connectivity index (χ4v) is 3.04. The Hall–Kier alpha value is -2.63. The van der Waals surface area contributed by atoms with E-state index in [-0.39, 0.29) is 12.3 Å². The second-order valence-corrected chi connectivity index (χ2v) is 5.95. The number of rotatable bonds is 5. The molecule has 1 fully saturated rings. The first-order valence-electron chi connectivity index (χ1n) is 7.72. The molecule has 1 heterocycles. The van der Waals surface area contributed by atoms with E-state index in [0.29, 0.717) is 12.8 Å². The molecular weight excluding hydrogens is 294 g/mol. The van der Waals surface area contributed by atoms with Crippen LogP contribution in [0.25, 0.3) is 5.69 Å².